The molecule has 0 aliphatic rings. The maximum absolute atomic E-state index is 12.6. The van der Waals surface area contributed by atoms with E-state index in [1.165, 1.54) is 141 Å². The number of ether oxygens (including phenoxy) is 1. The molecule has 0 amide bonds. The highest BCUT2D eigenvalue weighted by molar-refractivity contribution is 5.69. The van der Waals surface area contributed by atoms with Gasteiger partial charge in [0.1, 0.15) is 6.10 Å². The molecule has 1 N–H and O–H groups in total. The monoisotopic (exact) mass is 647 g/mol. The van der Waals surface area contributed by atoms with E-state index in [1.54, 1.807) is 0 Å². The van der Waals surface area contributed by atoms with Crippen LogP contribution in [0.2, 0.25) is 0 Å². The van der Waals surface area contributed by atoms with E-state index in [-0.39, 0.29) is 12.1 Å². The van der Waals surface area contributed by atoms with Gasteiger partial charge in [0.2, 0.25) is 0 Å². The molecule has 0 fully saturated rings. The van der Waals surface area contributed by atoms with Gasteiger partial charge in [-0.15, -0.1) is 0 Å². The summed E-state index contributed by atoms with van der Waals surface area (Å²) in [6.45, 7) is 4.50. The number of allylic oxidation sites excluding steroid dienone is 4. The van der Waals surface area contributed by atoms with Gasteiger partial charge in [0.15, 0.2) is 0 Å². The van der Waals surface area contributed by atoms with Crippen molar-refractivity contribution in [3.05, 3.63) is 24.3 Å². The molecular weight excluding hydrogens is 568 g/mol. The van der Waals surface area contributed by atoms with Crippen LogP contribution in [0.1, 0.15) is 226 Å². The summed E-state index contributed by atoms with van der Waals surface area (Å²) in [5.74, 6) is -0.646. The summed E-state index contributed by atoms with van der Waals surface area (Å²) < 4.78 is 5.99. The van der Waals surface area contributed by atoms with E-state index in [4.69, 9.17) is 9.84 Å². The second-order valence-electron chi connectivity index (χ2n) is 13.8. The molecule has 0 aromatic carbocycles. The Morgan fingerprint density at radius 2 is 0.848 bits per heavy atom. The van der Waals surface area contributed by atoms with Gasteiger partial charge in [0.05, 0.1) is 0 Å². The number of rotatable bonds is 37. The van der Waals surface area contributed by atoms with Gasteiger partial charge in [-0.3, -0.25) is 9.59 Å². The largest absolute Gasteiger partial charge is 0.481 e. The zero-order chi connectivity index (χ0) is 33.6. The number of aliphatic carboxylic acids is 1. The average Bonchev–Trinajstić information content (AvgIpc) is 3.04. The quantitative estimate of drug-likeness (QED) is 0.0414. The zero-order valence-electron chi connectivity index (χ0n) is 30.9. The number of esters is 1. The number of hydrogen-bond acceptors (Lipinski definition) is 3. The van der Waals surface area contributed by atoms with Gasteiger partial charge in [-0.25, -0.2) is 0 Å². The van der Waals surface area contributed by atoms with Crippen LogP contribution < -0.4 is 0 Å². The first-order valence-corrected chi connectivity index (χ1v) is 20.3. The van der Waals surface area contributed by atoms with Crippen molar-refractivity contribution in [3.8, 4) is 0 Å². The Bertz CT molecular complexity index is 698. The van der Waals surface area contributed by atoms with E-state index < -0.39 is 5.97 Å². The maximum atomic E-state index is 12.6. The van der Waals surface area contributed by atoms with E-state index in [2.05, 4.69) is 38.2 Å². The van der Waals surface area contributed by atoms with Crippen molar-refractivity contribution >= 4 is 11.9 Å². The lowest BCUT2D eigenvalue weighted by Crippen LogP contribution is -2.18. The molecule has 0 aromatic rings. The minimum atomic E-state index is -0.675. The number of carboxylic acid groups (broad SMARTS) is 1. The Kier molecular flexibility index (Phi) is 36.6. The van der Waals surface area contributed by atoms with E-state index in [1.807, 2.05) is 0 Å². The summed E-state index contributed by atoms with van der Waals surface area (Å²) in [4.78, 5) is 23.2. The zero-order valence-corrected chi connectivity index (χ0v) is 30.9. The smallest absolute Gasteiger partial charge is 0.306 e. The number of hydrogen-bond donors (Lipinski definition) is 1. The third-order valence-corrected chi connectivity index (χ3v) is 9.18. The van der Waals surface area contributed by atoms with E-state index >= 15 is 0 Å². The van der Waals surface area contributed by atoms with Crippen LogP contribution in [-0.4, -0.2) is 23.1 Å². The maximum Gasteiger partial charge on any atom is 0.306 e. The Balaban J connectivity index is 3.77. The molecule has 4 heteroatoms. The van der Waals surface area contributed by atoms with Gasteiger partial charge in [0.25, 0.3) is 0 Å². The van der Waals surface area contributed by atoms with E-state index in [0.29, 0.717) is 12.8 Å². The van der Waals surface area contributed by atoms with Gasteiger partial charge in [0, 0.05) is 12.8 Å². The highest BCUT2D eigenvalue weighted by Crippen LogP contribution is 2.19. The minimum Gasteiger partial charge on any atom is -0.481 e. The van der Waals surface area contributed by atoms with Crippen LogP contribution in [0.5, 0.6) is 0 Å². The van der Waals surface area contributed by atoms with Crippen LogP contribution in [0.15, 0.2) is 24.3 Å². The average molecular weight is 647 g/mol. The highest BCUT2D eigenvalue weighted by atomic mass is 16.5. The molecule has 270 valence electrons. The third kappa shape index (κ3) is 36.9. The molecule has 0 spiro atoms. The number of carbonyl (C=O) groups excluding carboxylic acids is 1. The SMILES string of the molecule is CCCCC/C=C\C/C=C\CCCCCCCCCCCC(=O)OC(CCCCCC)CCCCCCCCCCCCC(=O)O. The Labute approximate surface area is 287 Å². The summed E-state index contributed by atoms with van der Waals surface area (Å²) in [5.41, 5.74) is 0. The number of carboxylic acids is 1. The Morgan fingerprint density at radius 1 is 0.478 bits per heavy atom. The normalized spacial score (nSPS) is 12.4. The molecule has 0 aliphatic heterocycles. The molecule has 0 aliphatic carbocycles. The van der Waals surface area contributed by atoms with Crippen molar-refractivity contribution in [1.82, 2.24) is 0 Å². The number of carbonyl (C=O) groups is 2. The van der Waals surface area contributed by atoms with Crippen molar-refractivity contribution < 1.29 is 19.4 Å². The number of unbranched alkanes of at least 4 members (excludes halogenated alkanes) is 24. The molecule has 0 heterocycles. The fourth-order valence-corrected chi connectivity index (χ4v) is 6.16. The molecule has 0 radical (unpaired) electrons. The van der Waals surface area contributed by atoms with Crippen LogP contribution in [0.25, 0.3) is 0 Å². The van der Waals surface area contributed by atoms with Crippen molar-refractivity contribution in [2.24, 2.45) is 0 Å². The van der Waals surface area contributed by atoms with Crippen molar-refractivity contribution in [3.63, 3.8) is 0 Å². The first-order chi connectivity index (χ1) is 22.6. The lowest BCUT2D eigenvalue weighted by Gasteiger charge is -2.18. The van der Waals surface area contributed by atoms with E-state index in [0.717, 1.165) is 57.8 Å². The van der Waals surface area contributed by atoms with Crippen LogP contribution in [0, 0.1) is 0 Å². The predicted octanol–water partition coefficient (Wildman–Crippen LogP) is 14.0. The molecule has 4 nitrogen and oxygen atoms in total. The van der Waals surface area contributed by atoms with Crippen LogP contribution >= 0.6 is 0 Å². The molecule has 1 atom stereocenters. The standard InChI is InChI=1S/C42H78O4/c1-3-5-7-9-10-11-12-13-14-15-16-17-18-19-20-25-28-31-35-39-42(45)46-40(36-32-8-6-4-2)37-33-29-26-23-21-22-24-27-30-34-38-41(43)44/h10-11,13-14,40H,3-9,12,15-39H2,1-2H3,(H,43,44)/b11-10-,14-13-. The predicted molar refractivity (Wildman–Crippen MR) is 200 cm³/mol. The fourth-order valence-electron chi connectivity index (χ4n) is 6.16. The summed E-state index contributed by atoms with van der Waals surface area (Å²) >= 11 is 0. The first-order valence-electron chi connectivity index (χ1n) is 20.3. The molecular formula is C42H78O4. The van der Waals surface area contributed by atoms with Gasteiger partial charge in [-0.05, 0) is 70.6 Å². The summed E-state index contributed by atoms with van der Waals surface area (Å²) in [6, 6.07) is 0. The van der Waals surface area contributed by atoms with E-state index in [9.17, 15) is 9.59 Å². The molecule has 0 saturated heterocycles. The first kappa shape index (κ1) is 44.4. The Morgan fingerprint density at radius 3 is 1.33 bits per heavy atom. The minimum absolute atomic E-state index is 0.0286. The van der Waals surface area contributed by atoms with Crippen LogP contribution in [-0.2, 0) is 14.3 Å². The highest BCUT2D eigenvalue weighted by Gasteiger charge is 2.14. The second kappa shape index (κ2) is 37.9. The third-order valence-electron chi connectivity index (χ3n) is 9.18. The van der Waals surface area contributed by atoms with Crippen molar-refractivity contribution in [2.45, 2.75) is 232 Å². The lowest BCUT2D eigenvalue weighted by atomic mass is 10.0. The molecule has 0 bridgehead atoms. The molecule has 0 saturated carbocycles. The van der Waals surface area contributed by atoms with Gasteiger partial charge in [-0.1, -0.05) is 167 Å². The van der Waals surface area contributed by atoms with Crippen LogP contribution in [0.4, 0.5) is 0 Å². The molecule has 0 aromatic heterocycles. The lowest BCUT2D eigenvalue weighted by molar-refractivity contribution is -0.150. The molecule has 0 rings (SSSR count). The Hall–Kier alpha value is -1.58. The van der Waals surface area contributed by atoms with Crippen molar-refractivity contribution in [1.29, 1.82) is 0 Å². The summed E-state index contributed by atoms with van der Waals surface area (Å²) in [7, 11) is 0. The van der Waals surface area contributed by atoms with Gasteiger partial charge in [-0.2, -0.15) is 0 Å². The van der Waals surface area contributed by atoms with Gasteiger partial charge >= 0.3 is 11.9 Å². The fraction of sp³-hybridized carbons (Fsp3) is 0.857. The molecule has 46 heavy (non-hydrogen) atoms. The second-order valence-corrected chi connectivity index (χ2v) is 13.8. The summed E-state index contributed by atoms with van der Waals surface area (Å²) in [5, 5.41) is 8.70. The van der Waals surface area contributed by atoms with Crippen LogP contribution in [0.3, 0.4) is 0 Å². The van der Waals surface area contributed by atoms with Gasteiger partial charge < -0.3 is 9.84 Å². The summed E-state index contributed by atoms with van der Waals surface area (Å²) in [6.07, 6.45) is 48.0. The molecule has 1 unspecified atom stereocenters. The topological polar surface area (TPSA) is 63.6 Å². The van der Waals surface area contributed by atoms with Crippen molar-refractivity contribution in [2.75, 3.05) is 0 Å².